The van der Waals surface area contributed by atoms with Crippen LogP contribution in [0.2, 0.25) is 5.02 Å². The van der Waals surface area contributed by atoms with Gasteiger partial charge in [0, 0.05) is 29.8 Å². The SMILES string of the molecule is CC1(C)CC2(CCO1)C[C@H](O)c1cc(Cl)ccc1O2. The van der Waals surface area contributed by atoms with Gasteiger partial charge in [0.25, 0.3) is 0 Å². The van der Waals surface area contributed by atoms with Crippen LogP contribution in [0.1, 0.15) is 44.8 Å². The van der Waals surface area contributed by atoms with E-state index in [2.05, 4.69) is 13.8 Å². The monoisotopic (exact) mass is 282 g/mol. The highest BCUT2D eigenvalue weighted by atomic mass is 35.5. The molecule has 3 rings (SSSR count). The van der Waals surface area contributed by atoms with Gasteiger partial charge in [-0.1, -0.05) is 11.6 Å². The fourth-order valence-corrected chi connectivity index (χ4v) is 3.48. The number of halogens is 1. The lowest BCUT2D eigenvalue weighted by Gasteiger charge is -2.48. The molecular formula is C15H19ClO3. The molecule has 1 aromatic rings. The molecule has 0 aromatic heterocycles. The quantitative estimate of drug-likeness (QED) is 0.792. The lowest BCUT2D eigenvalue weighted by molar-refractivity contribution is -0.151. The van der Waals surface area contributed by atoms with Crippen molar-refractivity contribution >= 4 is 11.6 Å². The van der Waals surface area contributed by atoms with Crippen molar-refractivity contribution in [2.75, 3.05) is 6.61 Å². The Kier molecular flexibility index (Phi) is 3.04. The molecule has 2 atom stereocenters. The standard InChI is InChI=1S/C15H19ClO3/c1-14(2)9-15(5-6-18-14)8-12(17)11-7-10(16)3-4-13(11)19-15/h3-4,7,12,17H,5-6,8-9H2,1-2H3/t12-,15?/m0/s1. The predicted molar refractivity (Wildman–Crippen MR) is 73.7 cm³/mol. The van der Waals surface area contributed by atoms with Crippen LogP contribution >= 0.6 is 11.6 Å². The zero-order chi connectivity index (χ0) is 13.7. The number of benzene rings is 1. The highest BCUT2D eigenvalue weighted by Crippen LogP contribution is 2.47. The lowest BCUT2D eigenvalue weighted by Crippen LogP contribution is -2.51. The zero-order valence-corrected chi connectivity index (χ0v) is 12.0. The molecule has 2 aliphatic rings. The number of fused-ring (bicyclic) bond motifs is 1. The molecule has 0 aliphatic carbocycles. The molecule has 0 saturated carbocycles. The first-order chi connectivity index (χ1) is 8.89. The van der Waals surface area contributed by atoms with Gasteiger partial charge in [-0.25, -0.2) is 0 Å². The third kappa shape index (κ3) is 2.47. The Balaban J connectivity index is 1.94. The summed E-state index contributed by atoms with van der Waals surface area (Å²) in [7, 11) is 0. The third-order valence-electron chi connectivity index (χ3n) is 4.02. The molecule has 0 amide bonds. The van der Waals surface area contributed by atoms with E-state index in [1.807, 2.05) is 6.07 Å². The summed E-state index contributed by atoms with van der Waals surface area (Å²) in [5, 5.41) is 11.0. The smallest absolute Gasteiger partial charge is 0.126 e. The molecule has 1 aromatic carbocycles. The number of hydrogen-bond acceptors (Lipinski definition) is 3. The minimum absolute atomic E-state index is 0.206. The molecular weight excluding hydrogens is 264 g/mol. The van der Waals surface area contributed by atoms with Crippen LogP contribution in [0, 0.1) is 0 Å². The molecule has 2 aliphatic heterocycles. The van der Waals surface area contributed by atoms with Gasteiger partial charge in [-0.2, -0.15) is 0 Å². The fourth-order valence-electron chi connectivity index (χ4n) is 3.30. The number of aliphatic hydroxyl groups is 1. The molecule has 19 heavy (non-hydrogen) atoms. The van der Waals surface area contributed by atoms with Crippen LogP contribution in [0.4, 0.5) is 0 Å². The highest BCUT2D eigenvalue weighted by molar-refractivity contribution is 6.30. The zero-order valence-electron chi connectivity index (χ0n) is 11.3. The largest absolute Gasteiger partial charge is 0.487 e. The molecule has 1 unspecified atom stereocenters. The van der Waals surface area contributed by atoms with E-state index < -0.39 is 6.10 Å². The normalized spacial score (nSPS) is 32.7. The van der Waals surface area contributed by atoms with E-state index in [0.717, 1.165) is 24.2 Å². The summed E-state index contributed by atoms with van der Waals surface area (Å²) < 4.78 is 12.0. The molecule has 1 N–H and O–H groups in total. The van der Waals surface area contributed by atoms with E-state index in [4.69, 9.17) is 21.1 Å². The summed E-state index contributed by atoms with van der Waals surface area (Å²) in [6, 6.07) is 5.44. The summed E-state index contributed by atoms with van der Waals surface area (Å²) in [6.45, 7) is 4.81. The topological polar surface area (TPSA) is 38.7 Å². The Morgan fingerprint density at radius 2 is 2.16 bits per heavy atom. The third-order valence-corrected chi connectivity index (χ3v) is 4.26. The second kappa shape index (κ2) is 4.37. The molecule has 1 fully saturated rings. The van der Waals surface area contributed by atoms with Crippen molar-refractivity contribution in [2.24, 2.45) is 0 Å². The Bertz CT molecular complexity index is 500. The molecule has 2 heterocycles. The van der Waals surface area contributed by atoms with Gasteiger partial charge >= 0.3 is 0 Å². The highest BCUT2D eigenvalue weighted by Gasteiger charge is 2.47. The maximum atomic E-state index is 10.4. The molecule has 0 radical (unpaired) electrons. The lowest BCUT2D eigenvalue weighted by atomic mass is 9.77. The van der Waals surface area contributed by atoms with Gasteiger partial charge in [0.2, 0.25) is 0 Å². The molecule has 1 spiro atoms. The van der Waals surface area contributed by atoms with Crippen molar-refractivity contribution in [3.63, 3.8) is 0 Å². The summed E-state index contributed by atoms with van der Waals surface area (Å²) in [4.78, 5) is 0. The number of aliphatic hydroxyl groups excluding tert-OH is 1. The molecule has 3 nitrogen and oxygen atoms in total. The Labute approximate surface area is 118 Å². The second-order valence-electron chi connectivity index (χ2n) is 6.22. The minimum Gasteiger partial charge on any atom is -0.487 e. The molecule has 104 valence electrons. The van der Waals surface area contributed by atoms with Gasteiger partial charge in [-0.05, 0) is 32.0 Å². The maximum absolute atomic E-state index is 10.4. The first-order valence-electron chi connectivity index (χ1n) is 6.70. The summed E-state index contributed by atoms with van der Waals surface area (Å²) in [6.07, 6.45) is 1.69. The van der Waals surface area contributed by atoms with Gasteiger partial charge in [-0.3, -0.25) is 0 Å². The van der Waals surface area contributed by atoms with Crippen LogP contribution in [0.3, 0.4) is 0 Å². The van der Waals surface area contributed by atoms with Crippen LogP contribution in [0.5, 0.6) is 5.75 Å². The van der Waals surface area contributed by atoms with Crippen molar-refractivity contribution in [2.45, 2.75) is 50.4 Å². The van der Waals surface area contributed by atoms with Crippen molar-refractivity contribution in [1.29, 1.82) is 0 Å². The van der Waals surface area contributed by atoms with E-state index in [0.29, 0.717) is 18.1 Å². The van der Waals surface area contributed by atoms with E-state index >= 15 is 0 Å². The van der Waals surface area contributed by atoms with Crippen molar-refractivity contribution in [1.82, 2.24) is 0 Å². The van der Waals surface area contributed by atoms with Crippen LogP contribution in [-0.4, -0.2) is 22.9 Å². The van der Waals surface area contributed by atoms with Crippen molar-refractivity contribution in [3.8, 4) is 5.75 Å². The maximum Gasteiger partial charge on any atom is 0.126 e. The van der Waals surface area contributed by atoms with Gasteiger partial charge < -0.3 is 14.6 Å². The average molecular weight is 283 g/mol. The van der Waals surface area contributed by atoms with Crippen LogP contribution in [-0.2, 0) is 4.74 Å². The molecule has 0 bridgehead atoms. The summed E-state index contributed by atoms with van der Waals surface area (Å²) in [5.41, 5.74) is 0.270. The van der Waals surface area contributed by atoms with Gasteiger partial charge in [-0.15, -0.1) is 0 Å². The van der Waals surface area contributed by atoms with Crippen LogP contribution < -0.4 is 4.74 Å². The Morgan fingerprint density at radius 3 is 2.89 bits per heavy atom. The Hall–Kier alpha value is -0.770. The first-order valence-corrected chi connectivity index (χ1v) is 7.08. The number of ether oxygens (including phenoxy) is 2. The van der Waals surface area contributed by atoms with Crippen molar-refractivity contribution < 1.29 is 14.6 Å². The van der Waals surface area contributed by atoms with E-state index in [-0.39, 0.29) is 11.2 Å². The minimum atomic E-state index is -0.517. The van der Waals surface area contributed by atoms with Crippen LogP contribution in [0.15, 0.2) is 18.2 Å². The van der Waals surface area contributed by atoms with E-state index in [1.54, 1.807) is 12.1 Å². The average Bonchev–Trinajstić information content (AvgIpc) is 2.29. The van der Waals surface area contributed by atoms with Gasteiger partial charge in [0.1, 0.15) is 11.4 Å². The molecule has 4 heteroatoms. The van der Waals surface area contributed by atoms with Gasteiger partial charge in [0.05, 0.1) is 18.3 Å². The van der Waals surface area contributed by atoms with Crippen LogP contribution in [0.25, 0.3) is 0 Å². The number of rotatable bonds is 0. The fraction of sp³-hybridized carbons (Fsp3) is 0.600. The van der Waals surface area contributed by atoms with Crippen molar-refractivity contribution in [3.05, 3.63) is 28.8 Å². The predicted octanol–water partition coefficient (Wildman–Crippen LogP) is 3.48. The first kappa shape index (κ1) is 13.2. The molecule has 1 saturated heterocycles. The van der Waals surface area contributed by atoms with E-state index in [9.17, 15) is 5.11 Å². The second-order valence-corrected chi connectivity index (χ2v) is 6.66. The summed E-state index contributed by atoms with van der Waals surface area (Å²) in [5.74, 6) is 0.751. The number of hydrogen-bond donors (Lipinski definition) is 1. The Morgan fingerprint density at radius 1 is 1.37 bits per heavy atom. The van der Waals surface area contributed by atoms with E-state index in [1.165, 1.54) is 0 Å². The van der Waals surface area contributed by atoms with Gasteiger partial charge in [0.15, 0.2) is 0 Å². The summed E-state index contributed by atoms with van der Waals surface area (Å²) >= 11 is 5.98.